The number of hydrogen-bond donors (Lipinski definition) is 2. The summed E-state index contributed by atoms with van der Waals surface area (Å²) < 4.78 is 5.28. The Morgan fingerprint density at radius 3 is 2.71 bits per heavy atom. The highest BCUT2D eigenvalue weighted by molar-refractivity contribution is 6.30. The van der Waals surface area contributed by atoms with Gasteiger partial charge in [0.25, 0.3) is 5.91 Å². The summed E-state index contributed by atoms with van der Waals surface area (Å²) in [6.07, 6.45) is 4.33. The minimum Gasteiger partial charge on any atom is -0.355 e. The summed E-state index contributed by atoms with van der Waals surface area (Å²) >= 11 is 5.87. The van der Waals surface area contributed by atoms with E-state index in [9.17, 15) is 4.79 Å². The molecule has 0 aliphatic heterocycles. The lowest BCUT2D eigenvalue weighted by atomic mass is 9.84. The summed E-state index contributed by atoms with van der Waals surface area (Å²) in [6, 6.07) is 8.97. The van der Waals surface area contributed by atoms with Crippen LogP contribution in [0.5, 0.6) is 0 Å². The van der Waals surface area contributed by atoms with Crippen LogP contribution in [0.1, 0.15) is 36.2 Å². The molecule has 24 heavy (non-hydrogen) atoms. The van der Waals surface area contributed by atoms with E-state index in [1.54, 1.807) is 18.2 Å². The molecule has 1 aromatic heterocycles. The normalized spacial score (nSPS) is 20.2. The molecule has 1 aromatic carbocycles. The summed E-state index contributed by atoms with van der Waals surface area (Å²) in [5.41, 5.74) is 6.92. The van der Waals surface area contributed by atoms with E-state index in [0.717, 1.165) is 24.8 Å². The molecule has 1 saturated carbocycles. The average molecular weight is 370 g/mol. The van der Waals surface area contributed by atoms with Crippen molar-refractivity contribution in [3.05, 3.63) is 41.0 Å². The SMILES string of the molecule is Cl.NCC1CCCCC1NC(=O)c1cc(-c2ccc(Cl)cc2)on1. The van der Waals surface area contributed by atoms with Crippen molar-refractivity contribution >= 4 is 29.9 Å². The van der Waals surface area contributed by atoms with E-state index >= 15 is 0 Å². The van der Waals surface area contributed by atoms with Crippen molar-refractivity contribution in [2.45, 2.75) is 31.7 Å². The predicted octanol–water partition coefficient (Wildman–Crippen LogP) is 3.66. The maximum atomic E-state index is 12.4. The smallest absolute Gasteiger partial charge is 0.273 e. The average Bonchev–Trinajstić information content (AvgIpc) is 3.06. The van der Waals surface area contributed by atoms with Gasteiger partial charge in [-0.3, -0.25) is 4.79 Å². The van der Waals surface area contributed by atoms with E-state index in [0.29, 0.717) is 23.2 Å². The topological polar surface area (TPSA) is 81.1 Å². The molecule has 3 N–H and O–H groups in total. The standard InChI is InChI=1S/C17H20ClN3O2.ClH/c18-13-7-5-11(6-8-13)16-9-15(21-23-16)17(22)20-14-4-2-1-3-12(14)10-19;/h5-9,12,14H,1-4,10,19H2,(H,20,22);1H. The molecule has 130 valence electrons. The Labute approximate surface area is 152 Å². The van der Waals surface area contributed by atoms with Gasteiger partial charge in [-0.05, 0) is 49.6 Å². The quantitative estimate of drug-likeness (QED) is 0.861. The molecule has 0 saturated heterocycles. The third-order valence-corrected chi connectivity index (χ3v) is 4.65. The number of benzene rings is 1. The lowest BCUT2D eigenvalue weighted by Crippen LogP contribution is -2.44. The van der Waals surface area contributed by atoms with Crippen LogP contribution in [0.2, 0.25) is 5.02 Å². The van der Waals surface area contributed by atoms with Crippen LogP contribution in [0.3, 0.4) is 0 Å². The zero-order valence-electron chi connectivity index (χ0n) is 13.2. The highest BCUT2D eigenvalue weighted by atomic mass is 35.5. The number of carbonyl (C=O) groups excluding carboxylic acids is 1. The number of nitrogens with one attached hydrogen (secondary N) is 1. The van der Waals surface area contributed by atoms with Gasteiger partial charge in [0.15, 0.2) is 11.5 Å². The van der Waals surface area contributed by atoms with E-state index in [2.05, 4.69) is 10.5 Å². The van der Waals surface area contributed by atoms with E-state index in [1.807, 2.05) is 12.1 Å². The molecular weight excluding hydrogens is 349 g/mol. The van der Waals surface area contributed by atoms with Crippen molar-refractivity contribution in [2.75, 3.05) is 6.54 Å². The number of aromatic nitrogens is 1. The number of halogens is 2. The minimum absolute atomic E-state index is 0. The number of nitrogens with two attached hydrogens (primary N) is 1. The van der Waals surface area contributed by atoms with E-state index < -0.39 is 0 Å². The molecular formula is C17H21Cl2N3O2. The van der Waals surface area contributed by atoms with E-state index in [-0.39, 0.29) is 30.0 Å². The fourth-order valence-corrected chi connectivity index (χ4v) is 3.18. The van der Waals surface area contributed by atoms with Crippen molar-refractivity contribution in [3.63, 3.8) is 0 Å². The predicted molar refractivity (Wildman–Crippen MR) is 96.5 cm³/mol. The van der Waals surface area contributed by atoms with Gasteiger partial charge >= 0.3 is 0 Å². The number of rotatable bonds is 4. The molecule has 0 spiro atoms. The molecule has 1 fully saturated rings. The van der Waals surface area contributed by atoms with Crippen LogP contribution >= 0.6 is 24.0 Å². The second kappa shape index (κ2) is 8.51. The van der Waals surface area contributed by atoms with Crippen LogP contribution in [0, 0.1) is 5.92 Å². The first-order valence-corrected chi connectivity index (χ1v) is 8.29. The lowest BCUT2D eigenvalue weighted by Gasteiger charge is -2.30. The van der Waals surface area contributed by atoms with Crippen LogP contribution < -0.4 is 11.1 Å². The molecule has 2 unspecified atom stereocenters. The zero-order valence-corrected chi connectivity index (χ0v) is 14.8. The number of nitrogens with zero attached hydrogens (tertiary/aromatic N) is 1. The Morgan fingerprint density at radius 2 is 2.00 bits per heavy atom. The number of carbonyl (C=O) groups is 1. The molecule has 1 amide bonds. The first kappa shape index (κ1) is 18.8. The molecule has 3 rings (SSSR count). The molecule has 0 bridgehead atoms. The van der Waals surface area contributed by atoms with Gasteiger partial charge in [0.2, 0.25) is 0 Å². The van der Waals surface area contributed by atoms with Gasteiger partial charge in [-0.1, -0.05) is 29.6 Å². The maximum absolute atomic E-state index is 12.4. The third-order valence-electron chi connectivity index (χ3n) is 4.40. The van der Waals surface area contributed by atoms with Gasteiger partial charge in [-0.2, -0.15) is 0 Å². The van der Waals surface area contributed by atoms with Crippen LogP contribution in [-0.2, 0) is 0 Å². The van der Waals surface area contributed by atoms with Crippen LogP contribution in [0.15, 0.2) is 34.9 Å². The Morgan fingerprint density at radius 1 is 1.29 bits per heavy atom. The van der Waals surface area contributed by atoms with Gasteiger partial charge in [-0.15, -0.1) is 12.4 Å². The molecule has 2 atom stereocenters. The Hall–Kier alpha value is -1.56. The number of hydrogen-bond acceptors (Lipinski definition) is 4. The zero-order chi connectivity index (χ0) is 16.2. The monoisotopic (exact) mass is 369 g/mol. The second-order valence-corrected chi connectivity index (χ2v) is 6.38. The molecule has 5 nitrogen and oxygen atoms in total. The van der Waals surface area contributed by atoms with Crippen LogP contribution in [0.4, 0.5) is 0 Å². The second-order valence-electron chi connectivity index (χ2n) is 5.94. The first-order valence-electron chi connectivity index (χ1n) is 7.91. The van der Waals surface area contributed by atoms with E-state index in [4.69, 9.17) is 21.9 Å². The van der Waals surface area contributed by atoms with Crippen molar-refractivity contribution < 1.29 is 9.32 Å². The van der Waals surface area contributed by atoms with Crippen LogP contribution in [0.25, 0.3) is 11.3 Å². The van der Waals surface area contributed by atoms with Gasteiger partial charge in [0, 0.05) is 22.7 Å². The first-order chi connectivity index (χ1) is 11.2. The molecule has 1 heterocycles. The summed E-state index contributed by atoms with van der Waals surface area (Å²) in [6.45, 7) is 0.597. The molecule has 1 aliphatic rings. The molecule has 2 aromatic rings. The lowest BCUT2D eigenvalue weighted by molar-refractivity contribution is 0.0899. The summed E-state index contributed by atoms with van der Waals surface area (Å²) in [5, 5.41) is 7.58. The molecule has 1 aliphatic carbocycles. The Balaban J connectivity index is 0.00000208. The third kappa shape index (κ3) is 4.29. The molecule has 0 radical (unpaired) electrons. The molecule has 7 heteroatoms. The highest BCUT2D eigenvalue weighted by Crippen LogP contribution is 2.25. The summed E-state index contributed by atoms with van der Waals surface area (Å²) in [7, 11) is 0. The fraction of sp³-hybridized carbons (Fsp3) is 0.412. The van der Waals surface area contributed by atoms with Crippen molar-refractivity contribution in [1.29, 1.82) is 0 Å². The van der Waals surface area contributed by atoms with Gasteiger partial charge in [0.1, 0.15) is 0 Å². The van der Waals surface area contributed by atoms with Crippen molar-refractivity contribution in [2.24, 2.45) is 11.7 Å². The van der Waals surface area contributed by atoms with Gasteiger partial charge < -0.3 is 15.6 Å². The van der Waals surface area contributed by atoms with Gasteiger partial charge in [0.05, 0.1) is 0 Å². The largest absolute Gasteiger partial charge is 0.355 e. The van der Waals surface area contributed by atoms with E-state index in [1.165, 1.54) is 6.42 Å². The summed E-state index contributed by atoms with van der Waals surface area (Å²) in [4.78, 5) is 12.4. The highest BCUT2D eigenvalue weighted by Gasteiger charge is 2.26. The maximum Gasteiger partial charge on any atom is 0.273 e. The Kier molecular flexibility index (Phi) is 6.66. The minimum atomic E-state index is -0.209. The summed E-state index contributed by atoms with van der Waals surface area (Å²) in [5.74, 6) is 0.681. The fourth-order valence-electron chi connectivity index (χ4n) is 3.05. The van der Waals surface area contributed by atoms with Crippen molar-refractivity contribution in [1.82, 2.24) is 10.5 Å². The van der Waals surface area contributed by atoms with Crippen LogP contribution in [-0.4, -0.2) is 23.7 Å². The Bertz CT molecular complexity index is 673. The number of amides is 1. The van der Waals surface area contributed by atoms with Crippen molar-refractivity contribution in [3.8, 4) is 11.3 Å². The van der Waals surface area contributed by atoms with Gasteiger partial charge in [-0.25, -0.2) is 0 Å².